The topological polar surface area (TPSA) is 60.0 Å². The second-order valence-electron chi connectivity index (χ2n) is 4.41. The van der Waals surface area contributed by atoms with Gasteiger partial charge in [0.25, 0.3) is 0 Å². The molecular formula is C16H15F2N3OS. The Morgan fingerprint density at radius 3 is 2.70 bits per heavy atom. The van der Waals surface area contributed by atoms with Crippen molar-refractivity contribution >= 4 is 23.1 Å². The van der Waals surface area contributed by atoms with Crippen molar-refractivity contribution in [3.63, 3.8) is 0 Å². The summed E-state index contributed by atoms with van der Waals surface area (Å²) >= 11 is 1.37. The van der Waals surface area contributed by atoms with Gasteiger partial charge in [-0.05, 0) is 23.3 Å². The van der Waals surface area contributed by atoms with E-state index in [0.29, 0.717) is 16.5 Å². The van der Waals surface area contributed by atoms with Crippen molar-refractivity contribution in [3.05, 3.63) is 65.7 Å². The van der Waals surface area contributed by atoms with E-state index >= 15 is 0 Å². The Labute approximate surface area is 137 Å². The highest BCUT2D eigenvalue weighted by Crippen LogP contribution is 2.15. The first kappa shape index (κ1) is 17.0. The number of ether oxygens (including phenoxy) is 1. The molecular weight excluding hydrogens is 320 g/mol. The molecule has 0 aliphatic carbocycles. The molecule has 0 aromatic heterocycles. The smallest absolute Gasteiger partial charge is 0.387 e. The first-order valence-corrected chi connectivity index (χ1v) is 7.70. The Morgan fingerprint density at radius 1 is 1.17 bits per heavy atom. The van der Waals surface area contributed by atoms with Crippen molar-refractivity contribution in [2.45, 2.75) is 12.4 Å². The van der Waals surface area contributed by atoms with Crippen LogP contribution >= 0.6 is 11.8 Å². The maximum absolute atomic E-state index is 12.1. The third kappa shape index (κ3) is 6.48. The molecule has 0 unspecified atom stereocenters. The van der Waals surface area contributed by atoms with Crippen molar-refractivity contribution in [1.82, 2.24) is 0 Å². The summed E-state index contributed by atoms with van der Waals surface area (Å²) in [6, 6.07) is 16.0. The van der Waals surface area contributed by atoms with E-state index in [9.17, 15) is 8.78 Å². The lowest BCUT2D eigenvalue weighted by molar-refractivity contribution is -0.0498. The van der Waals surface area contributed by atoms with Gasteiger partial charge in [-0.25, -0.2) is 0 Å². The van der Waals surface area contributed by atoms with E-state index in [0.717, 1.165) is 5.56 Å². The molecule has 0 saturated carbocycles. The number of amidine groups is 1. The second-order valence-corrected chi connectivity index (χ2v) is 5.40. The number of thioether (sulfide) groups is 1. The minimum absolute atomic E-state index is 0.0688. The molecule has 0 spiro atoms. The Morgan fingerprint density at radius 2 is 1.96 bits per heavy atom. The van der Waals surface area contributed by atoms with Crippen LogP contribution in [-0.4, -0.2) is 18.0 Å². The van der Waals surface area contributed by atoms with Crippen LogP contribution in [-0.2, 0) is 5.75 Å². The van der Waals surface area contributed by atoms with Crippen molar-refractivity contribution in [1.29, 1.82) is 0 Å². The molecule has 0 fully saturated rings. The third-order valence-electron chi connectivity index (χ3n) is 2.68. The molecule has 2 aromatic rings. The van der Waals surface area contributed by atoms with Crippen LogP contribution < -0.4 is 10.5 Å². The van der Waals surface area contributed by atoms with Crippen LogP contribution in [0.5, 0.6) is 5.75 Å². The van der Waals surface area contributed by atoms with Crippen LogP contribution in [0.2, 0.25) is 0 Å². The molecule has 2 rings (SSSR count). The highest BCUT2D eigenvalue weighted by atomic mass is 32.2. The number of alkyl halides is 2. The molecule has 0 heterocycles. The molecule has 0 radical (unpaired) electrons. The van der Waals surface area contributed by atoms with E-state index in [2.05, 4.69) is 14.9 Å². The first-order chi connectivity index (χ1) is 11.1. The zero-order valence-corrected chi connectivity index (χ0v) is 12.9. The number of hydrogen-bond donors (Lipinski definition) is 1. The summed E-state index contributed by atoms with van der Waals surface area (Å²) in [5.41, 5.74) is 7.48. The lowest BCUT2D eigenvalue weighted by Crippen LogP contribution is -2.06. The highest BCUT2D eigenvalue weighted by molar-refractivity contribution is 8.13. The maximum Gasteiger partial charge on any atom is 0.387 e. The Balaban J connectivity index is 1.89. The summed E-state index contributed by atoms with van der Waals surface area (Å²) < 4.78 is 28.6. The summed E-state index contributed by atoms with van der Waals surface area (Å²) in [6.45, 7) is -2.86. The minimum Gasteiger partial charge on any atom is -0.435 e. The lowest BCUT2D eigenvalue weighted by atomic mass is 10.2. The van der Waals surface area contributed by atoms with E-state index < -0.39 is 6.61 Å². The molecule has 120 valence electrons. The van der Waals surface area contributed by atoms with E-state index in [1.165, 1.54) is 30.1 Å². The molecule has 4 nitrogen and oxygen atoms in total. The Hall–Kier alpha value is -2.41. The van der Waals surface area contributed by atoms with Crippen LogP contribution in [0.25, 0.3) is 0 Å². The molecule has 0 atom stereocenters. The number of hydrogen-bond acceptors (Lipinski definition) is 4. The number of rotatable bonds is 6. The third-order valence-corrected chi connectivity index (χ3v) is 3.53. The lowest BCUT2D eigenvalue weighted by Gasteiger charge is -2.03. The Kier molecular flexibility index (Phi) is 6.56. The molecule has 0 bridgehead atoms. The van der Waals surface area contributed by atoms with E-state index in [1.54, 1.807) is 12.1 Å². The second kappa shape index (κ2) is 8.89. The van der Waals surface area contributed by atoms with Gasteiger partial charge < -0.3 is 10.5 Å². The number of halogens is 2. The van der Waals surface area contributed by atoms with Gasteiger partial charge in [0.2, 0.25) is 0 Å². The number of benzene rings is 2. The van der Waals surface area contributed by atoms with E-state index in [1.807, 2.05) is 30.3 Å². The zero-order valence-electron chi connectivity index (χ0n) is 12.1. The van der Waals surface area contributed by atoms with Gasteiger partial charge in [-0.3, -0.25) is 0 Å². The zero-order chi connectivity index (χ0) is 16.5. The van der Waals surface area contributed by atoms with E-state index in [-0.39, 0.29) is 5.75 Å². The van der Waals surface area contributed by atoms with Gasteiger partial charge in [-0.1, -0.05) is 54.2 Å². The van der Waals surface area contributed by atoms with Crippen LogP contribution in [0.15, 0.2) is 64.8 Å². The highest BCUT2D eigenvalue weighted by Gasteiger charge is 2.03. The van der Waals surface area contributed by atoms with Crippen molar-refractivity contribution in [2.24, 2.45) is 15.9 Å². The summed E-state index contributed by atoms with van der Waals surface area (Å²) in [7, 11) is 0. The van der Waals surface area contributed by atoms with Crippen molar-refractivity contribution in [3.8, 4) is 5.75 Å². The summed E-state index contributed by atoms with van der Waals surface area (Å²) in [5, 5.41) is 8.04. The molecule has 7 heteroatoms. The SMILES string of the molecule is NC(=NN=Cc1cccc(OC(F)F)c1)SCc1ccccc1. The molecule has 0 amide bonds. The summed E-state index contributed by atoms with van der Waals surface area (Å²) in [6.07, 6.45) is 1.42. The van der Waals surface area contributed by atoms with Crippen LogP contribution in [0, 0.1) is 0 Å². The quantitative estimate of drug-likeness (QED) is 0.495. The molecule has 0 aliphatic heterocycles. The number of nitrogens with two attached hydrogens (primary N) is 1. The average Bonchev–Trinajstić information content (AvgIpc) is 2.54. The largest absolute Gasteiger partial charge is 0.435 e. The summed E-state index contributed by atoms with van der Waals surface area (Å²) in [4.78, 5) is 0. The molecule has 0 saturated heterocycles. The normalized spacial score (nSPS) is 12.0. The average molecular weight is 335 g/mol. The predicted molar refractivity (Wildman–Crippen MR) is 90.0 cm³/mol. The van der Waals surface area contributed by atoms with Gasteiger partial charge in [-0.2, -0.15) is 13.9 Å². The van der Waals surface area contributed by atoms with Crippen LogP contribution in [0.1, 0.15) is 11.1 Å². The summed E-state index contributed by atoms with van der Waals surface area (Å²) in [5.74, 6) is 0.767. The van der Waals surface area contributed by atoms with Crippen molar-refractivity contribution in [2.75, 3.05) is 0 Å². The standard InChI is InChI=1S/C16H15F2N3OS/c17-15(18)22-14-8-4-7-13(9-14)10-20-21-16(19)23-11-12-5-2-1-3-6-12/h1-10,15H,11H2,(H2,19,21). The molecule has 2 N–H and O–H groups in total. The minimum atomic E-state index is -2.86. The fourth-order valence-electron chi connectivity index (χ4n) is 1.68. The predicted octanol–water partition coefficient (Wildman–Crippen LogP) is 3.87. The molecule has 0 aliphatic rings. The van der Waals surface area contributed by atoms with Crippen LogP contribution in [0.4, 0.5) is 8.78 Å². The molecule has 2 aromatic carbocycles. The van der Waals surface area contributed by atoms with Crippen LogP contribution in [0.3, 0.4) is 0 Å². The van der Waals surface area contributed by atoms with Crippen molar-refractivity contribution < 1.29 is 13.5 Å². The fraction of sp³-hybridized carbons (Fsp3) is 0.125. The Bertz CT molecular complexity index is 678. The fourth-order valence-corrected chi connectivity index (χ4v) is 2.30. The first-order valence-electron chi connectivity index (χ1n) is 6.71. The van der Waals surface area contributed by atoms with Gasteiger partial charge in [0.05, 0.1) is 6.21 Å². The molecule has 23 heavy (non-hydrogen) atoms. The van der Waals surface area contributed by atoms with Gasteiger partial charge in [0, 0.05) is 5.75 Å². The van der Waals surface area contributed by atoms with Gasteiger partial charge >= 0.3 is 6.61 Å². The van der Waals surface area contributed by atoms with Gasteiger partial charge in [0.15, 0.2) is 5.17 Å². The van der Waals surface area contributed by atoms with E-state index in [4.69, 9.17) is 5.73 Å². The number of nitrogens with zero attached hydrogens (tertiary/aromatic N) is 2. The van der Waals surface area contributed by atoms with Gasteiger partial charge in [-0.15, -0.1) is 5.10 Å². The monoisotopic (exact) mass is 335 g/mol. The maximum atomic E-state index is 12.1. The van der Waals surface area contributed by atoms with Gasteiger partial charge in [0.1, 0.15) is 5.75 Å².